The number of ether oxygens (including phenoxy) is 1. The summed E-state index contributed by atoms with van der Waals surface area (Å²) in [5.41, 5.74) is 9.30. The molecule has 2 N–H and O–H groups in total. The second kappa shape index (κ2) is 5.50. The van der Waals surface area contributed by atoms with Gasteiger partial charge >= 0.3 is 0 Å². The first-order chi connectivity index (χ1) is 8.14. The quantitative estimate of drug-likeness (QED) is 0.854. The van der Waals surface area contributed by atoms with Crippen molar-refractivity contribution in [2.24, 2.45) is 0 Å². The molecule has 1 aromatic heterocycles. The first-order valence-corrected chi connectivity index (χ1v) is 6.53. The largest absolute Gasteiger partial charge is 0.383 e. The van der Waals surface area contributed by atoms with Crippen molar-refractivity contribution in [1.29, 1.82) is 0 Å². The van der Waals surface area contributed by atoms with Crippen molar-refractivity contribution in [2.45, 2.75) is 59.7 Å². The minimum Gasteiger partial charge on any atom is -0.383 e. The molecule has 0 unspecified atom stereocenters. The number of anilines is 1. The number of nitrogens with zero attached hydrogens (tertiary/aromatic N) is 1. The highest BCUT2D eigenvalue weighted by atomic mass is 16.5. The van der Waals surface area contributed by atoms with Crippen LogP contribution in [0.4, 0.5) is 5.82 Å². The van der Waals surface area contributed by atoms with Crippen LogP contribution in [0.3, 0.4) is 0 Å². The molecule has 0 fully saturated rings. The van der Waals surface area contributed by atoms with E-state index in [-0.39, 0.29) is 5.60 Å². The summed E-state index contributed by atoms with van der Waals surface area (Å²) < 4.78 is 5.95. The minimum absolute atomic E-state index is 0.128. The highest BCUT2D eigenvalue weighted by molar-refractivity contribution is 5.50. The maximum absolute atomic E-state index is 5.95. The van der Waals surface area contributed by atoms with Gasteiger partial charge in [-0.25, -0.2) is 4.98 Å². The summed E-state index contributed by atoms with van der Waals surface area (Å²) in [5, 5.41) is 0. The van der Waals surface area contributed by atoms with Crippen LogP contribution in [0.25, 0.3) is 0 Å². The van der Waals surface area contributed by atoms with E-state index in [1.807, 2.05) is 27.0 Å². The molecule has 96 valence electrons. The number of rotatable bonds is 2. The number of pyridine rings is 1. The van der Waals surface area contributed by atoms with Gasteiger partial charge in [-0.2, -0.15) is 0 Å². The van der Waals surface area contributed by atoms with Gasteiger partial charge in [0.25, 0.3) is 0 Å². The predicted molar refractivity (Wildman–Crippen MR) is 71.8 cm³/mol. The maximum Gasteiger partial charge on any atom is 0.126 e. The normalized spacial score (nSPS) is 16.1. The van der Waals surface area contributed by atoms with E-state index in [9.17, 15) is 0 Å². The zero-order valence-electron chi connectivity index (χ0n) is 11.6. The second-order valence-electron chi connectivity index (χ2n) is 4.16. The van der Waals surface area contributed by atoms with Crippen LogP contribution in [0.2, 0.25) is 0 Å². The lowest BCUT2D eigenvalue weighted by molar-refractivity contribution is -0.0442. The smallest absolute Gasteiger partial charge is 0.126 e. The first-order valence-electron chi connectivity index (χ1n) is 6.53. The highest BCUT2D eigenvalue weighted by Gasteiger charge is 2.38. The van der Waals surface area contributed by atoms with Crippen LogP contribution in [0, 0.1) is 6.92 Å². The molecule has 17 heavy (non-hydrogen) atoms. The van der Waals surface area contributed by atoms with Crippen molar-refractivity contribution >= 4 is 5.82 Å². The van der Waals surface area contributed by atoms with Crippen LogP contribution < -0.4 is 5.73 Å². The van der Waals surface area contributed by atoms with Gasteiger partial charge in [0.05, 0.1) is 12.2 Å². The molecule has 0 aliphatic carbocycles. The fourth-order valence-electron chi connectivity index (χ4n) is 2.52. The summed E-state index contributed by atoms with van der Waals surface area (Å²) in [4.78, 5) is 4.18. The molecular formula is C14H24N2O. The van der Waals surface area contributed by atoms with Crippen molar-refractivity contribution in [1.82, 2.24) is 4.98 Å². The molecule has 1 aliphatic heterocycles. The van der Waals surface area contributed by atoms with Gasteiger partial charge in [-0.1, -0.05) is 27.7 Å². The Morgan fingerprint density at radius 2 is 1.94 bits per heavy atom. The molecule has 0 atom stereocenters. The fraction of sp³-hybridized carbons (Fsp3) is 0.643. The van der Waals surface area contributed by atoms with Gasteiger partial charge < -0.3 is 10.5 Å². The van der Waals surface area contributed by atoms with E-state index in [1.165, 1.54) is 11.1 Å². The molecule has 0 spiro atoms. The number of nitrogens with two attached hydrogens (primary N) is 1. The lowest BCUT2D eigenvalue weighted by Gasteiger charge is -2.28. The van der Waals surface area contributed by atoms with E-state index in [0.29, 0.717) is 12.4 Å². The monoisotopic (exact) mass is 236 g/mol. The molecular weight excluding hydrogens is 212 g/mol. The summed E-state index contributed by atoms with van der Waals surface area (Å²) >= 11 is 0. The summed E-state index contributed by atoms with van der Waals surface area (Å²) in [5.74, 6) is 0.630. The van der Waals surface area contributed by atoms with Gasteiger partial charge in [0.2, 0.25) is 0 Å². The van der Waals surface area contributed by atoms with Gasteiger partial charge in [0, 0.05) is 11.8 Å². The van der Waals surface area contributed by atoms with Crippen molar-refractivity contribution in [3.05, 3.63) is 22.9 Å². The van der Waals surface area contributed by atoms with E-state index < -0.39 is 0 Å². The van der Waals surface area contributed by atoms with E-state index >= 15 is 0 Å². The van der Waals surface area contributed by atoms with Gasteiger partial charge in [0.1, 0.15) is 5.82 Å². The van der Waals surface area contributed by atoms with Gasteiger partial charge in [-0.3, -0.25) is 0 Å². The SMILES string of the molecule is CC.CCC1(CC)OCc2cnc(N)c(C)c21. The Kier molecular flexibility index (Phi) is 4.52. The van der Waals surface area contributed by atoms with E-state index in [1.54, 1.807) is 0 Å². The number of nitrogen functional groups attached to an aromatic ring is 1. The second-order valence-corrected chi connectivity index (χ2v) is 4.16. The molecule has 0 saturated heterocycles. The molecule has 2 rings (SSSR count). The Labute approximate surface area is 104 Å². The van der Waals surface area contributed by atoms with E-state index in [2.05, 4.69) is 18.8 Å². The van der Waals surface area contributed by atoms with Crippen LogP contribution in [-0.4, -0.2) is 4.98 Å². The van der Waals surface area contributed by atoms with Crippen molar-refractivity contribution < 1.29 is 4.74 Å². The number of hydrogen-bond donors (Lipinski definition) is 1. The molecule has 3 heteroatoms. The van der Waals surface area contributed by atoms with Crippen LogP contribution in [-0.2, 0) is 16.9 Å². The Bertz CT molecular complexity index is 384. The Balaban J connectivity index is 0.000000686. The molecule has 0 radical (unpaired) electrons. The highest BCUT2D eigenvalue weighted by Crippen LogP contribution is 2.43. The number of aromatic nitrogens is 1. The van der Waals surface area contributed by atoms with Gasteiger partial charge in [-0.05, 0) is 30.9 Å². The molecule has 0 bridgehead atoms. The van der Waals surface area contributed by atoms with Crippen molar-refractivity contribution in [2.75, 3.05) is 5.73 Å². The molecule has 0 saturated carbocycles. The van der Waals surface area contributed by atoms with Crippen LogP contribution in [0.5, 0.6) is 0 Å². The Hall–Kier alpha value is -1.09. The molecule has 1 aliphatic rings. The van der Waals surface area contributed by atoms with Crippen molar-refractivity contribution in [3.63, 3.8) is 0 Å². The van der Waals surface area contributed by atoms with E-state index in [0.717, 1.165) is 18.4 Å². The number of hydrogen-bond acceptors (Lipinski definition) is 3. The molecule has 0 aromatic carbocycles. The fourth-order valence-corrected chi connectivity index (χ4v) is 2.52. The zero-order chi connectivity index (χ0) is 13.1. The lowest BCUT2D eigenvalue weighted by Crippen LogP contribution is -2.24. The topological polar surface area (TPSA) is 48.1 Å². The first kappa shape index (κ1) is 14.0. The van der Waals surface area contributed by atoms with Gasteiger partial charge in [-0.15, -0.1) is 0 Å². The summed E-state index contributed by atoms with van der Waals surface area (Å²) in [6.45, 7) is 11.0. The Morgan fingerprint density at radius 1 is 1.35 bits per heavy atom. The molecule has 3 nitrogen and oxygen atoms in total. The minimum atomic E-state index is -0.128. The average Bonchev–Trinajstić information content (AvgIpc) is 2.76. The standard InChI is InChI=1S/C12H18N2O.C2H6/c1-4-12(5-2)10-8(3)11(13)14-6-9(10)7-15-12;1-2/h6H,4-5,7H2,1-3H3,(H2,13,14);1-2H3. The summed E-state index contributed by atoms with van der Waals surface area (Å²) in [7, 11) is 0. The van der Waals surface area contributed by atoms with Crippen LogP contribution in [0.15, 0.2) is 6.20 Å². The third kappa shape index (κ3) is 2.16. The summed E-state index contributed by atoms with van der Waals surface area (Å²) in [6.07, 6.45) is 3.83. The lowest BCUT2D eigenvalue weighted by atomic mass is 9.85. The zero-order valence-corrected chi connectivity index (χ0v) is 11.6. The van der Waals surface area contributed by atoms with E-state index in [4.69, 9.17) is 10.5 Å². The predicted octanol–water partition coefficient (Wildman–Crippen LogP) is 3.54. The number of fused-ring (bicyclic) bond motifs is 1. The third-order valence-electron chi connectivity index (χ3n) is 3.54. The summed E-state index contributed by atoms with van der Waals surface area (Å²) in [6, 6.07) is 0. The maximum atomic E-state index is 5.95. The van der Waals surface area contributed by atoms with Crippen LogP contribution in [0.1, 0.15) is 57.2 Å². The van der Waals surface area contributed by atoms with Crippen molar-refractivity contribution in [3.8, 4) is 0 Å². The molecule has 1 aromatic rings. The van der Waals surface area contributed by atoms with Crippen LogP contribution >= 0.6 is 0 Å². The molecule has 2 heterocycles. The third-order valence-corrected chi connectivity index (χ3v) is 3.54. The molecule has 0 amide bonds. The Morgan fingerprint density at radius 3 is 2.47 bits per heavy atom. The van der Waals surface area contributed by atoms with Gasteiger partial charge in [0.15, 0.2) is 0 Å². The average molecular weight is 236 g/mol.